The maximum Gasteiger partial charge on any atom is 0.124 e. The molecule has 5 nitrogen and oxygen atoms in total. The molecule has 0 spiro atoms. The number of hydrogen-bond acceptors (Lipinski definition) is 5. The minimum absolute atomic E-state index is 0.203. The van der Waals surface area contributed by atoms with E-state index in [0.29, 0.717) is 12.1 Å². The van der Waals surface area contributed by atoms with Crippen LogP contribution in [0.3, 0.4) is 0 Å². The van der Waals surface area contributed by atoms with E-state index in [-0.39, 0.29) is 6.10 Å². The van der Waals surface area contributed by atoms with Crippen molar-refractivity contribution < 1.29 is 9.47 Å². The highest BCUT2D eigenvalue weighted by molar-refractivity contribution is 5.36. The van der Waals surface area contributed by atoms with Crippen LogP contribution < -0.4 is 10.1 Å². The topological polar surface area (TPSA) is 37.0 Å². The number of nitrogens with one attached hydrogen (secondary N) is 1. The smallest absolute Gasteiger partial charge is 0.124 e. The summed E-state index contributed by atoms with van der Waals surface area (Å²) < 4.78 is 11.7. The first-order chi connectivity index (χ1) is 14.1. The lowest BCUT2D eigenvalue weighted by molar-refractivity contribution is -0.0355. The highest BCUT2D eigenvalue weighted by atomic mass is 16.5. The van der Waals surface area contributed by atoms with Crippen LogP contribution in [0.15, 0.2) is 24.3 Å². The van der Waals surface area contributed by atoms with Crippen LogP contribution in [-0.2, 0) is 4.74 Å². The fourth-order valence-electron chi connectivity index (χ4n) is 5.48. The molecule has 0 unspecified atom stereocenters. The second-order valence-electron chi connectivity index (χ2n) is 9.33. The van der Waals surface area contributed by atoms with Crippen molar-refractivity contribution >= 4 is 0 Å². The molecule has 0 bridgehead atoms. The Morgan fingerprint density at radius 3 is 2.59 bits per heavy atom. The van der Waals surface area contributed by atoms with E-state index in [1.54, 1.807) is 0 Å². The van der Waals surface area contributed by atoms with Crippen molar-refractivity contribution in [1.82, 2.24) is 15.1 Å². The molecule has 3 aliphatic rings. The quantitative estimate of drug-likeness (QED) is 0.818. The Hall–Kier alpha value is -1.14. The third-order valence-corrected chi connectivity index (χ3v) is 6.93. The molecule has 162 valence electrons. The number of morpholine rings is 1. The second kappa shape index (κ2) is 9.78. The Bertz CT molecular complexity index is 645. The van der Waals surface area contributed by atoms with Crippen molar-refractivity contribution in [1.29, 1.82) is 0 Å². The van der Waals surface area contributed by atoms with Gasteiger partial charge in [-0.15, -0.1) is 0 Å². The van der Waals surface area contributed by atoms with Gasteiger partial charge in [0.25, 0.3) is 0 Å². The van der Waals surface area contributed by atoms with E-state index >= 15 is 0 Å². The molecule has 0 aromatic heterocycles. The average molecular weight is 402 g/mol. The predicted molar refractivity (Wildman–Crippen MR) is 118 cm³/mol. The largest absolute Gasteiger partial charge is 0.491 e. The Morgan fingerprint density at radius 2 is 1.83 bits per heavy atom. The zero-order valence-corrected chi connectivity index (χ0v) is 18.5. The number of nitrogens with zero attached hydrogens (tertiary/aromatic N) is 2. The lowest BCUT2D eigenvalue weighted by Crippen LogP contribution is -2.54. The number of ether oxygens (including phenoxy) is 2. The maximum atomic E-state index is 6.10. The Labute approximate surface area is 176 Å². The molecular weight excluding hydrogens is 362 g/mol. The number of para-hydroxylation sites is 1. The van der Waals surface area contributed by atoms with Gasteiger partial charge in [0.1, 0.15) is 5.75 Å². The molecule has 1 aromatic carbocycles. The number of rotatable bonds is 5. The first kappa shape index (κ1) is 21.1. The van der Waals surface area contributed by atoms with Crippen LogP contribution >= 0.6 is 0 Å². The van der Waals surface area contributed by atoms with E-state index in [4.69, 9.17) is 9.47 Å². The zero-order valence-electron chi connectivity index (χ0n) is 18.5. The van der Waals surface area contributed by atoms with E-state index in [1.165, 1.54) is 31.2 Å². The van der Waals surface area contributed by atoms with Crippen LogP contribution in [0.4, 0.5) is 0 Å². The molecule has 1 N–H and O–H groups in total. The first-order valence-corrected chi connectivity index (χ1v) is 11.7. The summed E-state index contributed by atoms with van der Waals surface area (Å²) in [5.74, 6) is 1.03. The molecule has 1 saturated carbocycles. The molecule has 1 aliphatic carbocycles. The third kappa shape index (κ3) is 5.13. The molecule has 5 heteroatoms. The van der Waals surface area contributed by atoms with Crippen molar-refractivity contribution in [3.05, 3.63) is 29.8 Å². The van der Waals surface area contributed by atoms with E-state index < -0.39 is 0 Å². The van der Waals surface area contributed by atoms with E-state index in [9.17, 15) is 0 Å². The summed E-state index contributed by atoms with van der Waals surface area (Å²) in [5.41, 5.74) is 1.31. The molecule has 3 fully saturated rings. The minimum Gasteiger partial charge on any atom is -0.491 e. The van der Waals surface area contributed by atoms with Crippen LogP contribution in [0, 0.1) is 0 Å². The standard InChI is InChI=1S/C24H39N3O2/c1-18(2)29-24-7-5-4-6-22(24)23-16-26(13-12-25-23)20-8-10-21(11-9-20)27-14-15-28-17-19(27)3/h4-7,18-21,23,25H,8-17H2,1-3H3/t19-,20-,21+,23+/m1/s1. The van der Waals surface area contributed by atoms with E-state index in [0.717, 1.165) is 57.2 Å². The van der Waals surface area contributed by atoms with E-state index in [2.05, 4.69) is 60.2 Å². The van der Waals surface area contributed by atoms with Crippen molar-refractivity contribution in [3.8, 4) is 5.75 Å². The van der Waals surface area contributed by atoms with Gasteiger partial charge in [0.2, 0.25) is 0 Å². The van der Waals surface area contributed by atoms with Gasteiger partial charge in [-0.3, -0.25) is 9.80 Å². The van der Waals surface area contributed by atoms with Crippen LogP contribution in [-0.4, -0.2) is 73.4 Å². The normalized spacial score (nSPS) is 32.4. The lowest BCUT2D eigenvalue weighted by atomic mass is 9.87. The second-order valence-corrected chi connectivity index (χ2v) is 9.33. The highest BCUT2D eigenvalue weighted by Gasteiger charge is 2.34. The molecular formula is C24H39N3O2. The molecule has 0 amide bonds. The summed E-state index contributed by atoms with van der Waals surface area (Å²) >= 11 is 0. The van der Waals surface area contributed by atoms with Gasteiger partial charge in [0.15, 0.2) is 0 Å². The van der Waals surface area contributed by atoms with Crippen molar-refractivity contribution in [3.63, 3.8) is 0 Å². The van der Waals surface area contributed by atoms with Gasteiger partial charge < -0.3 is 14.8 Å². The SMILES string of the molecule is CC(C)Oc1ccccc1[C@@H]1CN([C@H]2CC[C@@H](N3CCOC[C@H]3C)CC2)CCN1. The summed E-state index contributed by atoms with van der Waals surface area (Å²) in [6.45, 7) is 12.7. The average Bonchev–Trinajstić information content (AvgIpc) is 2.74. The first-order valence-electron chi connectivity index (χ1n) is 11.7. The van der Waals surface area contributed by atoms with Gasteiger partial charge in [-0.2, -0.15) is 0 Å². The number of hydrogen-bond donors (Lipinski definition) is 1. The Kier molecular flexibility index (Phi) is 7.12. The van der Waals surface area contributed by atoms with Gasteiger partial charge in [0.05, 0.1) is 19.3 Å². The molecule has 4 rings (SSSR count). The fourth-order valence-corrected chi connectivity index (χ4v) is 5.48. The maximum absolute atomic E-state index is 6.10. The summed E-state index contributed by atoms with van der Waals surface area (Å²) in [7, 11) is 0. The van der Waals surface area contributed by atoms with E-state index in [1.807, 2.05) is 0 Å². The molecule has 0 radical (unpaired) electrons. The highest BCUT2D eigenvalue weighted by Crippen LogP contribution is 2.32. The predicted octanol–water partition coefficient (Wildman–Crippen LogP) is 3.45. The van der Waals surface area contributed by atoms with Crippen LogP contribution in [0.2, 0.25) is 0 Å². The van der Waals surface area contributed by atoms with Gasteiger partial charge in [0, 0.05) is 55.9 Å². The molecule has 2 atom stereocenters. The zero-order chi connectivity index (χ0) is 20.2. The number of piperazine rings is 1. The Balaban J connectivity index is 1.35. The minimum atomic E-state index is 0.203. The van der Waals surface area contributed by atoms with Gasteiger partial charge in [-0.1, -0.05) is 18.2 Å². The third-order valence-electron chi connectivity index (χ3n) is 6.93. The molecule has 2 aliphatic heterocycles. The van der Waals surface area contributed by atoms with Crippen LogP contribution in [0.1, 0.15) is 58.1 Å². The summed E-state index contributed by atoms with van der Waals surface area (Å²) in [6, 6.07) is 11.0. The van der Waals surface area contributed by atoms with Crippen LogP contribution in [0.5, 0.6) is 5.75 Å². The summed E-state index contributed by atoms with van der Waals surface area (Å²) in [6.07, 6.45) is 5.51. The molecule has 1 aromatic rings. The van der Waals surface area contributed by atoms with Crippen molar-refractivity contribution in [2.75, 3.05) is 39.4 Å². The summed E-state index contributed by atoms with van der Waals surface area (Å²) in [4.78, 5) is 5.45. The van der Waals surface area contributed by atoms with Crippen molar-refractivity contribution in [2.24, 2.45) is 0 Å². The lowest BCUT2D eigenvalue weighted by Gasteiger charge is -2.46. The van der Waals surface area contributed by atoms with Crippen LogP contribution in [0.25, 0.3) is 0 Å². The Morgan fingerprint density at radius 1 is 1.07 bits per heavy atom. The molecule has 2 heterocycles. The van der Waals surface area contributed by atoms with Crippen molar-refractivity contribution in [2.45, 2.75) is 76.7 Å². The van der Waals surface area contributed by atoms with Gasteiger partial charge >= 0.3 is 0 Å². The molecule has 29 heavy (non-hydrogen) atoms. The fraction of sp³-hybridized carbons (Fsp3) is 0.750. The summed E-state index contributed by atoms with van der Waals surface area (Å²) in [5, 5.41) is 3.74. The van der Waals surface area contributed by atoms with Gasteiger partial charge in [-0.25, -0.2) is 0 Å². The number of benzene rings is 1. The monoisotopic (exact) mass is 401 g/mol. The van der Waals surface area contributed by atoms with Gasteiger partial charge in [-0.05, 0) is 52.5 Å². The molecule has 2 saturated heterocycles.